The lowest BCUT2D eigenvalue weighted by atomic mass is 10.1. The van der Waals surface area contributed by atoms with Gasteiger partial charge in [0.1, 0.15) is 0 Å². The lowest BCUT2D eigenvalue weighted by Crippen LogP contribution is -2.43. The summed E-state index contributed by atoms with van der Waals surface area (Å²) in [6.07, 6.45) is 2.14. The minimum absolute atomic E-state index is 0.0929. The molecule has 5 nitrogen and oxygen atoms in total. The minimum Gasteiger partial charge on any atom is -0.478 e. The van der Waals surface area contributed by atoms with Gasteiger partial charge in [-0.2, -0.15) is 0 Å². The van der Waals surface area contributed by atoms with Crippen LogP contribution in [0.2, 0.25) is 0 Å². The Kier molecular flexibility index (Phi) is 4.74. The topological polar surface area (TPSA) is 69.6 Å². The number of hydrogen-bond donors (Lipinski definition) is 2. The van der Waals surface area contributed by atoms with Gasteiger partial charge < -0.3 is 15.3 Å². The normalized spacial score (nSPS) is 16.1. The molecule has 2 N–H and O–H groups in total. The molecular weight excluding hydrogens is 256 g/mol. The first-order valence-electron chi connectivity index (χ1n) is 6.93. The first kappa shape index (κ1) is 14.5. The van der Waals surface area contributed by atoms with Crippen molar-refractivity contribution < 1.29 is 14.7 Å². The molecule has 0 aliphatic carbocycles. The summed E-state index contributed by atoms with van der Waals surface area (Å²) >= 11 is 0. The van der Waals surface area contributed by atoms with Crippen molar-refractivity contribution >= 4 is 11.9 Å². The van der Waals surface area contributed by atoms with E-state index in [1.807, 2.05) is 11.8 Å². The molecule has 1 saturated heterocycles. The average Bonchev–Trinajstić information content (AvgIpc) is 2.98. The van der Waals surface area contributed by atoms with Gasteiger partial charge in [0, 0.05) is 19.6 Å². The zero-order valence-electron chi connectivity index (χ0n) is 11.6. The maximum Gasteiger partial charge on any atom is 0.336 e. The van der Waals surface area contributed by atoms with Crippen molar-refractivity contribution in [1.29, 1.82) is 0 Å². The number of carbonyl (C=O) groups is 2. The monoisotopic (exact) mass is 276 g/mol. The molecule has 1 unspecified atom stereocenters. The lowest BCUT2D eigenvalue weighted by Gasteiger charge is -2.21. The van der Waals surface area contributed by atoms with Crippen LogP contribution in [0.4, 0.5) is 0 Å². The fourth-order valence-corrected chi connectivity index (χ4v) is 2.44. The largest absolute Gasteiger partial charge is 0.478 e. The van der Waals surface area contributed by atoms with Crippen LogP contribution in [0.25, 0.3) is 0 Å². The summed E-state index contributed by atoms with van der Waals surface area (Å²) in [6, 6.07) is 6.55. The fourth-order valence-electron chi connectivity index (χ4n) is 2.44. The summed E-state index contributed by atoms with van der Waals surface area (Å²) in [6.45, 7) is 3.86. The third-order valence-corrected chi connectivity index (χ3v) is 3.63. The summed E-state index contributed by atoms with van der Waals surface area (Å²) in [5, 5.41) is 12.2. The van der Waals surface area contributed by atoms with Crippen LogP contribution in [0.5, 0.6) is 0 Å². The zero-order valence-corrected chi connectivity index (χ0v) is 11.6. The number of hydrogen-bond acceptors (Lipinski definition) is 3. The van der Waals surface area contributed by atoms with Crippen LogP contribution in [0.1, 0.15) is 35.7 Å². The van der Waals surface area contributed by atoms with E-state index in [4.69, 9.17) is 5.11 Å². The van der Waals surface area contributed by atoms with E-state index in [0.717, 1.165) is 25.9 Å². The van der Waals surface area contributed by atoms with E-state index in [0.29, 0.717) is 12.1 Å². The number of benzene rings is 1. The molecule has 0 bridgehead atoms. The minimum atomic E-state index is -0.944. The highest BCUT2D eigenvalue weighted by molar-refractivity contribution is 5.89. The summed E-state index contributed by atoms with van der Waals surface area (Å²) in [5.74, 6) is -0.851. The molecular formula is C15H20N2O3. The number of carboxylic acid groups (broad SMARTS) is 1. The molecule has 0 saturated carbocycles. The number of carbonyl (C=O) groups excluding carboxylic acids is 1. The second-order valence-electron chi connectivity index (χ2n) is 5.10. The lowest BCUT2D eigenvalue weighted by molar-refractivity contribution is -0.131. The highest BCUT2D eigenvalue weighted by Gasteiger charge is 2.23. The average molecular weight is 276 g/mol. The van der Waals surface area contributed by atoms with Gasteiger partial charge in [-0.15, -0.1) is 0 Å². The van der Waals surface area contributed by atoms with Crippen LogP contribution in [0.3, 0.4) is 0 Å². The molecule has 20 heavy (non-hydrogen) atoms. The number of rotatable bonds is 5. The Balaban J connectivity index is 1.94. The van der Waals surface area contributed by atoms with Crippen LogP contribution in [0, 0.1) is 0 Å². The number of nitrogens with one attached hydrogen (secondary N) is 1. The van der Waals surface area contributed by atoms with Crippen LogP contribution in [-0.4, -0.2) is 41.0 Å². The van der Waals surface area contributed by atoms with Crippen LogP contribution >= 0.6 is 0 Å². The Morgan fingerprint density at radius 3 is 2.60 bits per heavy atom. The van der Waals surface area contributed by atoms with E-state index < -0.39 is 5.97 Å². The summed E-state index contributed by atoms with van der Waals surface area (Å²) in [7, 11) is 0. The molecule has 1 aromatic carbocycles. The van der Waals surface area contributed by atoms with Gasteiger partial charge in [-0.25, -0.2) is 4.79 Å². The highest BCUT2D eigenvalue weighted by Crippen LogP contribution is 2.11. The first-order chi connectivity index (χ1) is 9.59. The zero-order chi connectivity index (χ0) is 14.5. The van der Waals surface area contributed by atoms with E-state index in [9.17, 15) is 9.59 Å². The van der Waals surface area contributed by atoms with E-state index in [2.05, 4.69) is 5.32 Å². The predicted molar refractivity (Wildman–Crippen MR) is 75.5 cm³/mol. The molecule has 0 radical (unpaired) electrons. The molecule has 0 spiro atoms. The summed E-state index contributed by atoms with van der Waals surface area (Å²) < 4.78 is 0. The Labute approximate surface area is 118 Å². The van der Waals surface area contributed by atoms with Gasteiger partial charge in [0.25, 0.3) is 0 Å². The quantitative estimate of drug-likeness (QED) is 0.854. The van der Waals surface area contributed by atoms with Gasteiger partial charge >= 0.3 is 5.97 Å². The van der Waals surface area contributed by atoms with E-state index in [-0.39, 0.29) is 17.5 Å². The Hall–Kier alpha value is -1.88. The van der Waals surface area contributed by atoms with Crippen molar-refractivity contribution in [3.63, 3.8) is 0 Å². The molecule has 1 amide bonds. The number of aromatic carboxylic acids is 1. The Bertz CT molecular complexity index is 496. The first-order valence-corrected chi connectivity index (χ1v) is 6.93. The fraction of sp³-hybridized carbons (Fsp3) is 0.467. The van der Waals surface area contributed by atoms with Gasteiger partial charge in [-0.05, 0) is 31.4 Å². The Morgan fingerprint density at radius 1 is 1.30 bits per heavy atom. The van der Waals surface area contributed by atoms with Gasteiger partial charge in [0.2, 0.25) is 5.91 Å². The highest BCUT2D eigenvalue weighted by atomic mass is 16.4. The second kappa shape index (κ2) is 6.52. The molecule has 1 heterocycles. The molecule has 108 valence electrons. The van der Waals surface area contributed by atoms with E-state index in [1.54, 1.807) is 24.3 Å². The summed E-state index contributed by atoms with van der Waals surface area (Å²) in [5.41, 5.74) is 0.974. The number of amides is 1. The van der Waals surface area contributed by atoms with E-state index >= 15 is 0 Å². The second-order valence-corrected chi connectivity index (χ2v) is 5.10. The third kappa shape index (κ3) is 3.36. The van der Waals surface area contributed by atoms with Gasteiger partial charge in [-0.1, -0.05) is 18.2 Å². The van der Waals surface area contributed by atoms with Crippen molar-refractivity contribution in [1.82, 2.24) is 10.2 Å². The Morgan fingerprint density at radius 2 is 1.95 bits per heavy atom. The number of nitrogens with zero attached hydrogens (tertiary/aromatic N) is 1. The number of likely N-dealkylation sites (tertiary alicyclic amines) is 1. The molecule has 5 heteroatoms. The smallest absolute Gasteiger partial charge is 0.336 e. The molecule has 1 atom stereocenters. The van der Waals surface area contributed by atoms with Crippen molar-refractivity contribution in [2.24, 2.45) is 0 Å². The van der Waals surface area contributed by atoms with Crippen molar-refractivity contribution in [2.45, 2.75) is 32.4 Å². The number of carboxylic acids is 1. The predicted octanol–water partition coefficient (Wildman–Crippen LogP) is 1.49. The van der Waals surface area contributed by atoms with Gasteiger partial charge in [0.15, 0.2) is 0 Å². The van der Waals surface area contributed by atoms with E-state index in [1.165, 1.54) is 0 Å². The maximum absolute atomic E-state index is 12.1. The van der Waals surface area contributed by atoms with Crippen molar-refractivity contribution in [3.8, 4) is 0 Å². The van der Waals surface area contributed by atoms with Crippen LogP contribution in [0.15, 0.2) is 24.3 Å². The van der Waals surface area contributed by atoms with Crippen molar-refractivity contribution in [2.75, 3.05) is 13.1 Å². The molecule has 1 aliphatic heterocycles. The molecule has 2 rings (SSSR count). The third-order valence-electron chi connectivity index (χ3n) is 3.63. The maximum atomic E-state index is 12.1. The van der Waals surface area contributed by atoms with Crippen molar-refractivity contribution in [3.05, 3.63) is 35.4 Å². The molecule has 0 aromatic heterocycles. The summed E-state index contributed by atoms with van der Waals surface area (Å²) in [4.78, 5) is 25.1. The van der Waals surface area contributed by atoms with Gasteiger partial charge in [0.05, 0.1) is 11.6 Å². The SMILES string of the molecule is CC(NCc1ccccc1C(=O)O)C(=O)N1CCCC1. The van der Waals surface area contributed by atoms with Crippen LogP contribution < -0.4 is 5.32 Å². The van der Waals surface area contributed by atoms with Gasteiger partial charge in [-0.3, -0.25) is 4.79 Å². The van der Waals surface area contributed by atoms with Crippen LogP contribution in [-0.2, 0) is 11.3 Å². The molecule has 1 fully saturated rings. The molecule has 1 aliphatic rings. The standard InChI is InChI=1S/C15H20N2O3/c1-11(14(18)17-8-4-5-9-17)16-10-12-6-2-3-7-13(12)15(19)20/h2-3,6-7,11,16H,4-5,8-10H2,1H3,(H,19,20). The molecule has 1 aromatic rings.